The maximum Gasteiger partial charge on any atom is 0.223 e. The molecule has 2 rings (SSSR count). The molecule has 0 bridgehead atoms. The smallest absolute Gasteiger partial charge is 0.223 e. The fraction of sp³-hybridized carbons (Fsp3) is 0.357. The minimum atomic E-state index is 0.222. The van der Waals surface area contributed by atoms with E-state index in [1.165, 1.54) is 5.56 Å². The van der Waals surface area contributed by atoms with Crippen LogP contribution in [0.4, 0.5) is 5.95 Å². The molecule has 1 aromatic carbocycles. The second-order valence-electron chi connectivity index (χ2n) is 4.68. The van der Waals surface area contributed by atoms with Crippen LogP contribution in [0.3, 0.4) is 0 Å². The lowest BCUT2D eigenvalue weighted by atomic mass is 10.00. The van der Waals surface area contributed by atoms with Gasteiger partial charge in [-0.2, -0.15) is 9.97 Å². The number of ether oxygens (including phenoxy) is 1. The highest BCUT2D eigenvalue weighted by atomic mass is 16.5. The summed E-state index contributed by atoms with van der Waals surface area (Å²) in [6, 6.07) is 6.02. The molecule has 19 heavy (non-hydrogen) atoms. The molecule has 0 aliphatic heterocycles. The summed E-state index contributed by atoms with van der Waals surface area (Å²) in [6.07, 6.45) is 0. The Balaban J connectivity index is 2.61. The minimum absolute atomic E-state index is 0.222. The van der Waals surface area contributed by atoms with Crippen LogP contribution in [0.25, 0.3) is 11.4 Å². The van der Waals surface area contributed by atoms with Gasteiger partial charge in [0.05, 0.1) is 12.7 Å². The van der Waals surface area contributed by atoms with Crippen LogP contribution < -0.4 is 10.5 Å². The largest absolute Gasteiger partial charge is 0.496 e. The fourth-order valence-electron chi connectivity index (χ4n) is 1.88. The van der Waals surface area contributed by atoms with Crippen LogP contribution in [0, 0.1) is 6.92 Å². The zero-order chi connectivity index (χ0) is 14.0. The van der Waals surface area contributed by atoms with Gasteiger partial charge in [0.1, 0.15) is 11.6 Å². The number of anilines is 1. The predicted octanol–water partition coefficient (Wildman–Crippen LogP) is 2.56. The van der Waals surface area contributed by atoms with E-state index < -0.39 is 0 Å². The quantitative estimate of drug-likeness (QED) is 0.915. The van der Waals surface area contributed by atoms with Crippen molar-refractivity contribution in [3.05, 3.63) is 29.6 Å². The molecule has 0 aliphatic carbocycles. The maximum atomic E-state index is 5.68. The maximum absolute atomic E-state index is 5.68. The molecule has 0 aliphatic rings. The summed E-state index contributed by atoms with van der Waals surface area (Å²) in [5.74, 6) is 2.52. The number of rotatable bonds is 3. The van der Waals surface area contributed by atoms with E-state index in [1.807, 2.05) is 18.2 Å². The summed E-state index contributed by atoms with van der Waals surface area (Å²) < 4.78 is 5.37. The van der Waals surface area contributed by atoms with Crippen molar-refractivity contribution in [2.75, 3.05) is 12.8 Å². The lowest BCUT2D eigenvalue weighted by molar-refractivity contribution is 0.416. The molecule has 2 aromatic rings. The summed E-state index contributed by atoms with van der Waals surface area (Å²) in [4.78, 5) is 12.5. The molecule has 0 atom stereocenters. The van der Waals surface area contributed by atoms with Crippen LogP contribution in [0.1, 0.15) is 31.2 Å². The molecule has 0 radical (unpaired) electrons. The predicted molar refractivity (Wildman–Crippen MR) is 75.1 cm³/mol. The van der Waals surface area contributed by atoms with Gasteiger partial charge in [0.2, 0.25) is 5.95 Å². The third-order valence-electron chi connectivity index (χ3n) is 2.90. The topological polar surface area (TPSA) is 73.9 Å². The van der Waals surface area contributed by atoms with Crippen LogP contribution >= 0.6 is 0 Å². The summed E-state index contributed by atoms with van der Waals surface area (Å²) >= 11 is 0. The van der Waals surface area contributed by atoms with E-state index in [-0.39, 0.29) is 5.95 Å². The SMILES string of the molecule is COc1ccc(C(C)C)cc1-c1nc(C)nc(N)n1. The van der Waals surface area contributed by atoms with Gasteiger partial charge in [0.15, 0.2) is 5.82 Å². The third-order valence-corrected chi connectivity index (χ3v) is 2.90. The van der Waals surface area contributed by atoms with Gasteiger partial charge in [-0.15, -0.1) is 0 Å². The Morgan fingerprint density at radius 2 is 1.89 bits per heavy atom. The second kappa shape index (κ2) is 5.22. The molecule has 0 unspecified atom stereocenters. The van der Waals surface area contributed by atoms with Gasteiger partial charge in [-0.05, 0) is 30.5 Å². The summed E-state index contributed by atoms with van der Waals surface area (Å²) in [5, 5.41) is 0. The molecule has 0 saturated heterocycles. The van der Waals surface area contributed by atoms with Crippen molar-refractivity contribution in [2.24, 2.45) is 0 Å². The first kappa shape index (κ1) is 13.3. The van der Waals surface area contributed by atoms with Crippen LogP contribution in [0.15, 0.2) is 18.2 Å². The molecule has 2 N–H and O–H groups in total. The Hall–Kier alpha value is -2.17. The molecule has 5 nitrogen and oxygen atoms in total. The van der Waals surface area contributed by atoms with Crippen molar-refractivity contribution >= 4 is 5.95 Å². The van der Waals surface area contributed by atoms with Crippen molar-refractivity contribution in [3.8, 4) is 17.1 Å². The first-order valence-corrected chi connectivity index (χ1v) is 6.17. The number of hydrogen-bond acceptors (Lipinski definition) is 5. The lowest BCUT2D eigenvalue weighted by Gasteiger charge is -2.12. The molecule has 1 heterocycles. The highest BCUT2D eigenvalue weighted by Gasteiger charge is 2.12. The average molecular weight is 258 g/mol. The van der Waals surface area contributed by atoms with Gasteiger partial charge < -0.3 is 10.5 Å². The normalized spacial score (nSPS) is 10.8. The lowest BCUT2D eigenvalue weighted by Crippen LogP contribution is -2.03. The Morgan fingerprint density at radius 1 is 1.16 bits per heavy atom. The van der Waals surface area contributed by atoms with Gasteiger partial charge in [-0.25, -0.2) is 4.98 Å². The highest BCUT2D eigenvalue weighted by molar-refractivity contribution is 5.66. The van der Waals surface area contributed by atoms with Gasteiger partial charge in [-0.1, -0.05) is 19.9 Å². The molecular weight excluding hydrogens is 240 g/mol. The molecule has 0 fully saturated rings. The highest BCUT2D eigenvalue weighted by Crippen LogP contribution is 2.31. The second-order valence-corrected chi connectivity index (χ2v) is 4.68. The van der Waals surface area contributed by atoms with E-state index in [2.05, 4.69) is 28.8 Å². The zero-order valence-corrected chi connectivity index (χ0v) is 11.6. The molecular formula is C14H18N4O. The summed E-state index contributed by atoms with van der Waals surface area (Å²) in [6.45, 7) is 6.07. The number of benzene rings is 1. The van der Waals surface area contributed by atoms with E-state index in [1.54, 1.807) is 14.0 Å². The Bertz CT molecular complexity index is 576. The van der Waals surface area contributed by atoms with Crippen LogP contribution in [0.5, 0.6) is 5.75 Å². The molecule has 1 aromatic heterocycles. The molecule has 0 amide bonds. The standard InChI is InChI=1S/C14H18N4O/c1-8(2)10-5-6-12(19-4)11(7-10)13-16-9(3)17-14(15)18-13/h5-8H,1-4H3,(H2,15,16,17,18). The molecule has 0 spiro atoms. The number of aryl methyl sites for hydroxylation is 1. The number of nitrogen functional groups attached to an aromatic ring is 1. The fourth-order valence-corrected chi connectivity index (χ4v) is 1.88. The van der Waals surface area contributed by atoms with E-state index in [4.69, 9.17) is 10.5 Å². The first-order valence-electron chi connectivity index (χ1n) is 6.17. The van der Waals surface area contributed by atoms with Crippen LogP contribution in [-0.4, -0.2) is 22.1 Å². The van der Waals surface area contributed by atoms with Gasteiger partial charge in [0.25, 0.3) is 0 Å². The van der Waals surface area contributed by atoms with Crippen molar-refractivity contribution in [1.29, 1.82) is 0 Å². The number of nitrogens with zero attached hydrogens (tertiary/aromatic N) is 3. The van der Waals surface area contributed by atoms with Crippen molar-refractivity contribution in [1.82, 2.24) is 15.0 Å². The Morgan fingerprint density at radius 3 is 2.47 bits per heavy atom. The van der Waals surface area contributed by atoms with Crippen molar-refractivity contribution in [3.63, 3.8) is 0 Å². The summed E-state index contributed by atoms with van der Waals surface area (Å²) in [5.41, 5.74) is 7.72. The number of methoxy groups -OCH3 is 1. The van der Waals surface area contributed by atoms with Gasteiger partial charge in [0, 0.05) is 0 Å². The summed E-state index contributed by atoms with van der Waals surface area (Å²) in [7, 11) is 1.63. The van der Waals surface area contributed by atoms with Crippen LogP contribution in [0.2, 0.25) is 0 Å². The van der Waals surface area contributed by atoms with E-state index in [0.29, 0.717) is 17.6 Å². The number of aromatic nitrogens is 3. The van der Waals surface area contributed by atoms with Crippen LogP contribution in [-0.2, 0) is 0 Å². The Kier molecular flexibility index (Phi) is 3.64. The average Bonchev–Trinajstić information content (AvgIpc) is 2.36. The number of nitrogens with two attached hydrogens (primary N) is 1. The van der Waals surface area contributed by atoms with Gasteiger partial charge in [-0.3, -0.25) is 0 Å². The molecule has 100 valence electrons. The van der Waals surface area contributed by atoms with E-state index in [9.17, 15) is 0 Å². The third kappa shape index (κ3) is 2.81. The number of hydrogen-bond donors (Lipinski definition) is 1. The van der Waals surface area contributed by atoms with E-state index >= 15 is 0 Å². The first-order chi connectivity index (χ1) is 9.01. The van der Waals surface area contributed by atoms with Gasteiger partial charge >= 0.3 is 0 Å². The molecule has 5 heteroatoms. The van der Waals surface area contributed by atoms with Crippen molar-refractivity contribution < 1.29 is 4.74 Å². The molecule has 0 saturated carbocycles. The van der Waals surface area contributed by atoms with E-state index in [0.717, 1.165) is 11.3 Å². The minimum Gasteiger partial charge on any atom is -0.496 e. The van der Waals surface area contributed by atoms with Crippen molar-refractivity contribution in [2.45, 2.75) is 26.7 Å². The monoisotopic (exact) mass is 258 g/mol. The zero-order valence-electron chi connectivity index (χ0n) is 11.6. The Labute approximate surface area is 112 Å².